The zero-order chi connectivity index (χ0) is 14.0. The average Bonchev–Trinajstić information content (AvgIpc) is 2.36. The Hall–Kier alpha value is -0.780. The lowest BCUT2D eigenvalue weighted by Crippen LogP contribution is -2.52. The molecule has 1 aliphatic heterocycles. The molecule has 0 radical (unpaired) electrons. The van der Waals surface area contributed by atoms with E-state index in [1.807, 2.05) is 18.2 Å². The van der Waals surface area contributed by atoms with Crippen LogP contribution in [0.2, 0.25) is 5.02 Å². The molecule has 6 heteroatoms. The van der Waals surface area contributed by atoms with Crippen LogP contribution in [0.3, 0.4) is 0 Å². The summed E-state index contributed by atoms with van der Waals surface area (Å²) < 4.78 is 0.892. The van der Waals surface area contributed by atoms with E-state index in [9.17, 15) is 4.79 Å². The second kappa shape index (κ2) is 6.11. The first-order valence-electron chi connectivity index (χ1n) is 6.13. The number of rotatable bonds is 2. The lowest BCUT2D eigenvalue weighted by Gasteiger charge is -2.38. The summed E-state index contributed by atoms with van der Waals surface area (Å²) in [5.41, 5.74) is 1.17. The van der Waals surface area contributed by atoms with Crippen molar-refractivity contribution in [3.63, 3.8) is 0 Å². The molecule has 0 bridgehead atoms. The van der Waals surface area contributed by atoms with Crippen LogP contribution < -0.4 is 0 Å². The fourth-order valence-electron chi connectivity index (χ4n) is 2.28. The topological polar surface area (TPSA) is 43.8 Å². The summed E-state index contributed by atoms with van der Waals surface area (Å²) in [7, 11) is 0. The molecule has 0 saturated carbocycles. The first-order chi connectivity index (χ1) is 8.97. The molecule has 1 fully saturated rings. The summed E-state index contributed by atoms with van der Waals surface area (Å²) in [6.45, 7) is 4.75. The molecule has 4 nitrogen and oxygen atoms in total. The Labute approximate surface area is 126 Å². The molecule has 1 amide bonds. The van der Waals surface area contributed by atoms with E-state index in [-0.39, 0.29) is 6.04 Å². The SMILES string of the molecule is C[C@H]1CN(C(=O)O)CCN1Cc1ccc(Cl)c(Br)c1. The fraction of sp³-hybridized carbons (Fsp3) is 0.462. The van der Waals surface area contributed by atoms with Crippen LogP contribution in [0.4, 0.5) is 4.79 Å². The van der Waals surface area contributed by atoms with Gasteiger partial charge in [-0.05, 0) is 40.5 Å². The zero-order valence-electron chi connectivity index (χ0n) is 10.6. The van der Waals surface area contributed by atoms with Gasteiger partial charge in [0.25, 0.3) is 0 Å². The number of piperazine rings is 1. The van der Waals surface area contributed by atoms with Crippen molar-refractivity contribution in [1.82, 2.24) is 9.80 Å². The summed E-state index contributed by atoms with van der Waals surface area (Å²) in [6.07, 6.45) is -0.833. The van der Waals surface area contributed by atoms with E-state index in [0.717, 1.165) is 17.6 Å². The lowest BCUT2D eigenvalue weighted by molar-refractivity contribution is 0.0712. The van der Waals surface area contributed by atoms with Gasteiger partial charge in [-0.3, -0.25) is 4.90 Å². The first kappa shape index (κ1) is 14.6. The van der Waals surface area contributed by atoms with Gasteiger partial charge in [-0.1, -0.05) is 17.7 Å². The molecule has 0 unspecified atom stereocenters. The third-order valence-corrected chi connectivity index (χ3v) is 4.62. The standard InChI is InChI=1S/C13H16BrClN2O2/c1-9-7-17(13(18)19)5-4-16(9)8-10-2-3-12(15)11(14)6-10/h2-3,6,9H,4-5,7-8H2,1H3,(H,18,19)/t9-/m0/s1. The third kappa shape index (κ3) is 3.61. The molecule has 1 heterocycles. The maximum Gasteiger partial charge on any atom is 0.407 e. The van der Waals surface area contributed by atoms with Crippen molar-refractivity contribution in [2.45, 2.75) is 19.5 Å². The maximum absolute atomic E-state index is 10.9. The summed E-state index contributed by atoms with van der Waals surface area (Å²) in [5.74, 6) is 0. The van der Waals surface area contributed by atoms with Crippen molar-refractivity contribution < 1.29 is 9.90 Å². The van der Waals surface area contributed by atoms with Gasteiger partial charge in [-0.15, -0.1) is 0 Å². The van der Waals surface area contributed by atoms with Gasteiger partial charge in [-0.25, -0.2) is 4.79 Å². The minimum Gasteiger partial charge on any atom is -0.465 e. The van der Waals surface area contributed by atoms with E-state index in [1.165, 1.54) is 10.5 Å². The Morgan fingerprint density at radius 2 is 2.26 bits per heavy atom. The molecule has 1 N–H and O–H groups in total. The Morgan fingerprint density at radius 1 is 1.53 bits per heavy atom. The molecule has 1 atom stereocenters. The van der Waals surface area contributed by atoms with Gasteiger partial charge in [0, 0.05) is 36.7 Å². The minimum absolute atomic E-state index is 0.222. The van der Waals surface area contributed by atoms with Crippen LogP contribution in [0.25, 0.3) is 0 Å². The number of amides is 1. The zero-order valence-corrected chi connectivity index (χ0v) is 13.0. The fourth-order valence-corrected chi connectivity index (χ4v) is 2.82. The Morgan fingerprint density at radius 3 is 2.84 bits per heavy atom. The van der Waals surface area contributed by atoms with Crippen molar-refractivity contribution in [3.8, 4) is 0 Å². The third-order valence-electron chi connectivity index (χ3n) is 3.41. The minimum atomic E-state index is -0.833. The highest BCUT2D eigenvalue weighted by molar-refractivity contribution is 9.10. The molecule has 1 saturated heterocycles. The van der Waals surface area contributed by atoms with E-state index >= 15 is 0 Å². The number of halogens is 2. The molecule has 104 valence electrons. The second-order valence-electron chi connectivity index (χ2n) is 4.80. The Kier molecular flexibility index (Phi) is 4.71. The molecular weight excluding hydrogens is 332 g/mol. The average molecular weight is 348 g/mol. The largest absolute Gasteiger partial charge is 0.465 e. The molecule has 0 aliphatic carbocycles. The quantitative estimate of drug-likeness (QED) is 0.893. The van der Waals surface area contributed by atoms with E-state index in [0.29, 0.717) is 18.1 Å². The molecular formula is C13H16BrClN2O2. The van der Waals surface area contributed by atoms with E-state index < -0.39 is 6.09 Å². The van der Waals surface area contributed by atoms with Crippen molar-refractivity contribution in [1.29, 1.82) is 0 Å². The number of hydrogen-bond acceptors (Lipinski definition) is 2. The highest BCUT2D eigenvalue weighted by Crippen LogP contribution is 2.24. The maximum atomic E-state index is 10.9. The summed E-state index contributed by atoms with van der Waals surface area (Å²) in [5, 5.41) is 9.69. The van der Waals surface area contributed by atoms with Crippen LogP contribution in [0.5, 0.6) is 0 Å². The summed E-state index contributed by atoms with van der Waals surface area (Å²) in [6, 6.07) is 6.11. The Balaban J connectivity index is 2.00. The summed E-state index contributed by atoms with van der Waals surface area (Å²) in [4.78, 5) is 14.7. The normalized spacial score (nSPS) is 20.6. The van der Waals surface area contributed by atoms with E-state index in [4.69, 9.17) is 16.7 Å². The predicted octanol–water partition coefficient (Wildman–Crippen LogP) is 3.29. The number of carbonyl (C=O) groups is 1. The molecule has 0 aromatic heterocycles. The summed E-state index contributed by atoms with van der Waals surface area (Å²) >= 11 is 9.39. The highest BCUT2D eigenvalue weighted by atomic mass is 79.9. The smallest absolute Gasteiger partial charge is 0.407 e. The van der Waals surface area contributed by atoms with Crippen LogP contribution in [0, 0.1) is 0 Å². The first-order valence-corrected chi connectivity index (χ1v) is 7.30. The Bertz CT molecular complexity index is 484. The second-order valence-corrected chi connectivity index (χ2v) is 6.06. The molecule has 1 aromatic rings. The van der Waals surface area contributed by atoms with Gasteiger partial charge in [0.15, 0.2) is 0 Å². The number of hydrogen-bond donors (Lipinski definition) is 1. The molecule has 1 aromatic carbocycles. The monoisotopic (exact) mass is 346 g/mol. The van der Waals surface area contributed by atoms with Crippen molar-refractivity contribution in [2.75, 3.05) is 19.6 Å². The van der Waals surface area contributed by atoms with Crippen molar-refractivity contribution >= 4 is 33.6 Å². The van der Waals surface area contributed by atoms with Gasteiger partial charge in [0.1, 0.15) is 0 Å². The number of benzene rings is 1. The number of carboxylic acid groups (broad SMARTS) is 1. The van der Waals surface area contributed by atoms with Crippen LogP contribution in [-0.2, 0) is 6.54 Å². The lowest BCUT2D eigenvalue weighted by atomic mass is 10.1. The van der Waals surface area contributed by atoms with Crippen LogP contribution in [0.1, 0.15) is 12.5 Å². The van der Waals surface area contributed by atoms with Crippen molar-refractivity contribution in [3.05, 3.63) is 33.3 Å². The van der Waals surface area contributed by atoms with Gasteiger partial charge in [0.2, 0.25) is 0 Å². The van der Waals surface area contributed by atoms with Gasteiger partial charge in [0.05, 0.1) is 5.02 Å². The molecule has 1 aliphatic rings. The van der Waals surface area contributed by atoms with Gasteiger partial charge < -0.3 is 10.0 Å². The highest BCUT2D eigenvalue weighted by Gasteiger charge is 2.26. The molecule has 19 heavy (non-hydrogen) atoms. The van der Waals surface area contributed by atoms with Crippen LogP contribution >= 0.6 is 27.5 Å². The van der Waals surface area contributed by atoms with Gasteiger partial charge >= 0.3 is 6.09 Å². The van der Waals surface area contributed by atoms with E-state index in [2.05, 4.69) is 27.8 Å². The van der Waals surface area contributed by atoms with Gasteiger partial charge in [-0.2, -0.15) is 0 Å². The number of nitrogens with zero attached hydrogens (tertiary/aromatic N) is 2. The molecule has 2 rings (SSSR count). The van der Waals surface area contributed by atoms with Crippen LogP contribution in [-0.4, -0.2) is 46.7 Å². The van der Waals surface area contributed by atoms with Crippen molar-refractivity contribution in [2.24, 2.45) is 0 Å². The van der Waals surface area contributed by atoms with Crippen LogP contribution in [0.15, 0.2) is 22.7 Å². The van der Waals surface area contributed by atoms with E-state index in [1.54, 1.807) is 0 Å². The molecule has 0 spiro atoms. The predicted molar refractivity (Wildman–Crippen MR) is 78.6 cm³/mol.